The van der Waals surface area contributed by atoms with Gasteiger partial charge in [0.25, 0.3) is 0 Å². The predicted molar refractivity (Wildman–Crippen MR) is 104 cm³/mol. The predicted octanol–water partition coefficient (Wildman–Crippen LogP) is 3.01. The van der Waals surface area contributed by atoms with E-state index in [0.717, 1.165) is 21.1 Å². The first-order valence-corrected chi connectivity index (χ1v) is 8.90. The maximum atomic E-state index is 12.2. The highest BCUT2D eigenvalue weighted by Gasteiger charge is 2.11. The number of nitrogens with one attached hydrogen (secondary N) is 3. The summed E-state index contributed by atoms with van der Waals surface area (Å²) in [6.07, 6.45) is 1.75. The second-order valence-corrected chi connectivity index (χ2v) is 6.74. The third kappa shape index (κ3) is 3.44. The molecule has 0 aliphatic carbocycles. The summed E-state index contributed by atoms with van der Waals surface area (Å²) in [5.74, 6) is -0.663. The van der Waals surface area contributed by atoms with Crippen LogP contribution in [0.5, 0.6) is 0 Å². The number of ether oxygens (including phenoxy) is 1. The van der Waals surface area contributed by atoms with Gasteiger partial charge in [0.2, 0.25) is 5.91 Å². The molecule has 2 heterocycles. The number of aromatic nitrogens is 3. The van der Waals surface area contributed by atoms with E-state index in [0.29, 0.717) is 16.4 Å². The van der Waals surface area contributed by atoms with Crippen molar-refractivity contribution in [3.8, 4) is 0 Å². The van der Waals surface area contributed by atoms with Crippen molar-refractivity contribution in [2.24, 2.45) is 0 Å². The van der Waals surface area contributed by atoms with Crippen molar-refractivity contribution in [2.75, 3.05) is 24.3 Å². The molecule has 0 bridgehead atoms. The van der Waals surface area contributed by atoms with Crippen LogP contribution in [0.25, 0.3) is 21.1 Å². The molecule has 0 saturated carbocycles. The first-order valence-electron chi connectivity index (χ1n) is 8.09. The molecule has 2 aromatic carbocycles. The molecule has 0 saturated heterocycles. The summed E-state index contributed by atoms with van der Waals surface area (Å²) in [5.41, 5.74) is 2.80. The molecule has 27 heavy (non-hydrogen) atoms. The van der Waals surface area contributed by atoms with Crippen molar-refractivity contribution in [2.45, 2.75) is 0 Å². The molecule has 0 aliphatic heterocycles. The van der Waals surface area contributed by atoms with Crippen molar-refractivity contribution in [1.29, 1.82) is 0 Å². The van der Waals surface area contributed by atoms with E-state index >= 15 is 0 Å². The number of hydrogen-bond donors (Lipinski definition) is 3. The molecule has 136 valence electrons. The normalized spacial score (nSPS) is 10.9. The number of aromatic amines is 1. The number of amides is 1. The molecule has 0 unspecified atom stereocenters. The van der Waals surface area contributed by atoms with Gasteiger partial charge in [-0.15, -0.1) is 0 Å². The molecule has 0 aliphatic rings. The number of nitrogens with zero attached hydrogens (tertiary/aromatic N) is 2. The standard InChI is InChI=1S/C18H15N5O3S/c1-26-17(25)10-3-2-4-11(7-10)19-9-15(24)22-18-21-14-6-5-13-12(8-20-23-13)16(14)27-18/h2-8,19H,9H2,1H3,(H,20,23)(H,21,22,24). The van der Waals surface area contributed by atoms with Crippen molar-refractivity contribution in [1.82, 2.24) is 15.2 Å². The Labute approximate surface area is 157 Å². The Morgan fingerprint density at radius 3 is 3.00 bits per heavy atom. The lowest BCUT2D eigenvalue weighted by Gasteiger charge is -2.07. The van der Waals surface area contributed by atoms with Gasteiger partial charge in [0.05, 0.1) is 41.1 Å². The molecule has 8 nitrogen and oxygen atoms in total. The number of hydrogen-bond acceptors (Lipinski definition) is 7. The summed E-state index contributed by atoms with van der Waals surface area (Å²) >= 11 is 1.40. The van der Waals surface area contributed by atoms with Crippen LogP contribution in [0.1, 0.15) is 10.4 Å². The minimum atomic E-state index is -0.428. The molecular weight excluding hydrogens is 366 g/mol. The number of fused-ring (bicyclic) bond motifs is 3. The molecule has 0 atom stereocenters. The molecule has 4 rings (SSSR count). The fraction of sp³-hybridized carbons (Fsp3) is 0.111. The lowest BCUT2D eigenvalue weighted by molar-refractivity contribution is -0.114. The molecule has 4 aromatic rings. The Hall–Kier alpha value is -3.46. The number of anilines is 2. The van der Waals surface area contributed by atoms with Crippen molar-refractivity contribution in [3.05, 3.63) is 48.2 Å². The number of thiazole rings is 1. The molecule has 0 radical (unpaired) electrons. The van der Waals surface area contributed by atoms with Crippen LogP contribution in [0, 0.1) is 0 Å². The molecule has 0 spiro atoms. The second-order valence-electron chi connectivity index (χ2n) is 5.74. The summed E-state index contributed by atoms with van der Waals surface area (Å²) in [4.78, 5) is 28.2. The van der Waals surface area contributed by atoms with Crippen LogP contribution >= 0.6 is 11.3 Å². The highest BCUT2D eigenvalue weighted by Crippen LogP contribution is 2.31. The quantitative estimate of drug-likeness (QED) is 0.459. The number of methoxy groups -OCH3 is 1. The van der Waals surface area contributed by atoms with Gasteiger partial charge in [-0.1, -0.05) is 17.4 Å². The number of rotatable bonds is 5. The van der Waals surface area contributed by atoms with E-state index < -0.39 is 5.97 Å². The molecule has 0 fully saturated rings. The summed E-state index contributed by atoms with van der Waals surface area (Å²) < 4.78 is 5.66. The van der Waals surface area contributed by atoms with Gasteiger partial charge in [0, 0.05) is 11.1 Å². The van der Waals surface area contributed by atoms with E-state index in [1.165, 1.54) is 18.4 Å². The van der Waals surface area contributed by atoms with Gasteiger partial charge in [-0.05, 0) is 30.3 Å². The van der Waals surface area contributed by atoms with Crippen LogP contribution in [-0.2, 0) is 9.53 Å². The summed E-state index contributed by atoms with van der Waals surface area (Å²) in [7, 11) is 1.32. The Bertz CT molecular complexity index is 1150. The van der Waals surface area contributed by atoms with E-state index in [2.05, 4.69) is 30.6 Å². The van der Waals surface area contributed by atoms with Crippen LogP contribution in [0.2, 0.25) is 0 Å². The highest BCUT2D eigenvalue weighted by atomic mass is 32.1. The average Bonchev–Trinajstić information content (AvgIpc) is 3.31. The van der Waals surface area contributed by atoms with Crippen molar-refractivity contribution >= 4 is 55.2 Å². The topological polar surface area (TPSA) is 109 Å². The second kappa shape index (κ2) is 7.04. The van der Waals surface area contributed by atoms with E-state index in [1.54, 1.807) is 30.5 Å². The summed E-state index contributed by atoms with van der Waals surface area (Å²) in [5, 5.41) is 14.2. The molecule has 1 amide bonds. The SMILES string of the molecule is COC(=O)c1cccc(NCC(=O)Nc2nc3ccc4[nH]ncc4c3s2)c1. The number of esters is 1. The van der Waals surface area contributed by atoms with Gasteiger partial charge in [-0.2, -0.15) is 5.10 Å². The smallest absolute Gasteiger partial charge is 0.337 e. The monoisotopic (exact) mass is 381 g/mol. The number of carbonyl (C=O) groups is 2. The number of carbonyl (C=O) groups excluding carboxylic acids is 2. The zero-order valence-electron chi connectivity index (χ0n) is 14.3. The minimum Gasteiger partial charge on any atom is -0.465 e. The van der Waals surface area contributed by atoms with E-state index in [1.807, 2.05) is 12.1 Å². The fourth-order valence-corrected chi connectivity index (χ4v) is 3.67. The van der Waals surface area contributed by atoms with Gasteiger partial charge in [-0.3, -0.25) is 9.89 Å². The highest BCUT2D eigenvalue weighted by molar-refractivity contribution is 7.23. The molecular formula is C18H15N5O3S. The number of benzene rings is 2. The maximum Gasteiger partial charge on any atom is 0.337 e. The fourth-order valence-electron chi connectivity index (χ4n) is 2.68. The van der Waals surface area contributed by atoms with E-state index in [9.17, 15) is 9.59 Å². The zero-order valence-corrected chi connectivity index (χ0v) is 15.1. The summed E-state index contributed by atoms with van der Waals surface area (Å²) in [6, 6.07) is 10.6. The van der Waals surface area contributed by atoms with Crippen LogP contribution in [-0.4, -0.2) is 40.7 Å². The van der Waals surface area contributed by atoms with Crippen molar-refractivity contribution < 1.29 is 14.3 Å². The summed E-state index contributed by atoms with van der Waals surface area (Å²) in [6.45, 7) is 0.0433. The van der Waals surface area contributed by atoms with Gasteiger partial charge >= 0.3 is 5.97 Å². The lowest BCUT2D eigenvalue weighted by Crippen LogP contribution is -2.21. The maximum absolute atomic E-state index is 12.2. The molecule has 2 aromatic heterocycles. The third-order valence-corrected chi connectivity index (χ3v) is 4.98. The molecule has 9 heteroatoms. The zero-order chi connectivity index (χ0) is 18.8. The van der Waals surface area contributed by atoms with E-state index in [-0.39, 0.29) is 12.5 Å². The van der Waals surface area contributed by atoms with E-state index in [4.69, 9.17) is 0 Å². The van der Waals surface area contributed by atoms with Crippen LogP contribution in [0.3, 0.4) is 0 Å². The van der Waals surface area contributed by atoms with Gasteiger partial charge in [-0.25, -0.2) is 9.78 Å². The van der Waals surface area contributed by atoms with Crippen LogP contribution in [0.4, 0.5) is 10.8 Å². The lowest BCUT2D eigenvalue weighted by atomic mass is 10.2. The Morgan fingerprint density at radius 2 is 2.15 bits per heavy atom. The molecule has 3 N–H and O–H groups in total. The first kappa shape index (κ1) is 17.0. The first-order chi connectivity index (χ1) is 13.1. The Balaban J connectivity index is 1.44. The van der Waals surface area contributed by atoms with Gasteiger partial charge in [0.15, 0.2) is 5.13 Å². The minimum absolute atomic E-state index is 0.0433. The van der Waals surface area contributed by atoms with Crippen LogP contribution < -0.4 is 10.6 Å². The van der Waals surface area contributed by atoms with Crippen LogP contribution in [0.15, 0.2) is 42.6 Å². The average molecular weight is 381 g/mol. The largest absolute Gasteiger partial charge is 0.465 e. The van der Waals surface area contributed by atoms with Crippen molar-refractivity contribution in [3.63, 3.8) is 0 Å². The van der Waals surface area contributed by atoms with Gasteiger partial charge in [0.1, 0.15) is 0 Å². The Morgan fingerprint density at radius 1 is 1.26 bits per heavy atom. The number of H-pyrrole nitrogens is 1. The Kier molecular flexibility index (Phi) is 4.43. The third-order valence-electron chi connectivity index (χ3n) is 3.96. The van der Waals surface area contributed by atoms with Gasteiger partial charge < -0.3 is 15.4 Å².